The fraction of sp³-hybridized carbons (Fsp3) is 0.513. The minimum absolute atomic E-state index is 0.0309. The van der Waals surface area contributed by atoms with E-state index in [9.17, 15) is 32.4 Å². The van der Waals surface area contributed by atoms with Gasteiger partial charge in [0.2, 0.25) is 21.8 Å². The monoisotopic (exact) mass is 747 g/mol. The van der Waals surface area contributed by atoms with E-state index in [1.54, 1.807) is 32.9 Å². The van der Waals surface area contributed by atoms with Gasteiger partial charge in [0, 0.05) is 24.1 Å². The number of nitrogens with one attached hydrogen (secondary N) is 4. The highest BCUT2D eigenvalue weighted by Gasteiger charge is 2.62. The van der Waals surface area contributed by atoms with Gasteiger partial charge in [-0.05, 0) is 89.0 Å². The summed E-state index contributed by atoms with van der Waals surface area (Å²) < 4.78 is 33.2. The Bertz CT molecular complexity index is 1860. The van der Waals surface area contributed by atoms with Crippen LogP contribution in [-0.2, 0) is 29.1 Å². The van der Waals surface area contributed by atoms with Crippen molar-refractivity contribution in [2.24, 2.45) is 5.92 Å². The van der Waals surface area contributed by atoms with Gasteiger partial charge in [-0.3, -0.25) is 23.9 Å². The molecule has 0 aromatic heterocycles. The van der Waals surface area contributed by atoms with Crippen molar-refractivity contribution in [3.05, 3.63) is 72.3 Å². The molecule has 13 nitrogen and oxygen atoms in total. The summed E-state index contributed by atoms with van der Waals surface area (Å²) in [6.07, 6.45) is 7.30. The Hall–Kier alpha value is -4.72. The lowest BCUT2D eigenvalue weighted by atomic mass is 10.0. The summed E-state index contributed by atoms with van der Waals surface area (Å²) in [4.78, 5) is 70.0. The van der Waals surface area contributed by atoms with E-state index in [1.807, 2.05) is 54.6 Å². The lowest BCUT2D eigenvalue weighted by Crippen LogP contribution is -2.58. The van der Waals surface area contributed by atoms with Gasteiger partial charge in [-0.15, -0.1) is 0 Å². The summed E-state index contributed by atoms with van der Waals surface area (Å²) in [5.74, 6) is -2.80. The van der Waals surface area contributed by atoms with E-state index in [0.29, 0.717) is 37.7 Å². The number of sulfonamides is 1. The van der Waals surface area contributed by atoms with Gasteiger partial charge in [0.15, 0.2) is 0 Å². The molecule has 0 bridgehead atoms. The fourth-order valence-electron chi connectivity index (χ4n) is 7.07. The molecule has 1 saturated heterocycles. The van der Waals surface area contributed by atoms with Gasteiger partial charge < -0.3 is 25.6 Å². The van der Waals surface area contributed by atoms with Crippen molar-refractivity contribution in [3.63, 3.8) is 0 Å². The molecule has 2 aromatic carbocycles. The zero-order valence-corrected chi connectivity index (χ0v) is 31.2. The number of ether oxygens (including phenoxy) is 1. The molecule has 0 unspecified atom stereocenters. The molecule has 4 aliphatic rings. The minimum Gasteiger partial charge on any atom is -0.444 e. The number of nitrogens with zero attached hydrogens (tertiary/aromatic N) is 1. The molecule has 2 aliphatic heterocycles. The molecule has 14 heteroatoms. The van der Waals surface area contributed by atoms with Gasteiger partial charge in [0.25, 0.3) is 11.8 Å². The Labute approximate surface area is 310 Å². The number of rotatable bonds is 7. The first-order valence-electron chi connectivity index (χ1n) is 18.5. The normalized spacial score (nSPS) is 27.1. The van der Waals surface area contributed by atoms with Crippen molar-refractivity contribution < 1.29 is 37.1 Å². The van der Waals surface area contributed by atoms with Crippen LogP contribution < -0.4 is 20.7 Å². The van der Waals surface area contributed by atoms with Crippen LogP contribution in [0.5, 0.6) is 0 Å². The van der Waals surface area contributed by atoms with E-state index in [4.69, 9.17) is 4.74 Å². The van der Waals surface area contributed by atoms with Crippen LogP contribution in [0.25, 0.3) is 11.1 Å². The van der Waals surface area contributed by atoms with E-state index in [-0.39, 0.29) is 25.3 Å². The molecule has 2 aromatic rings. The molecule has 2 saturated carbocycles. The summed E-state index contributed by atoms with van der Waals surface area (Å²) in [6, 6.07) is 14.1. The maximum atomic E-state index is 14.4. The molecule has 53 heavy (non-hydrogen) atoms. The van der Waals surface area contributed by atoms with Crippen LogP contribution in [0, 0.1) is 5.92 Å². The maximum Gasteiger partial charge on any atom is 0.408 e. The van der Waals surface area contributed by atoms with Crippen molar-refractivity contribution in [2.45, 2.75) is 113 Å². The number of fused-ring (bicyclic) bond motifs is 2. The molecule has 2 heterocycles. The first kappa shape index (κ1) is 38.0. The standard InChI is InChI=1S/C39H49N5O8S/c1-38(2,3)52-37(49)41-31-15-11-6-4-5-10-14-28-23-39(28,36(48)43-53(50,51)30-20-21-30)42-34(46)32-22-29(24-44(32)35(31)47)40-33(45)27-18-16-26(17-19-27)25-12-8-7-9-13-25/h7-10,12-14,16-19,28-32H,4-6,11,15,20-24H2,1-3H3,(H,40,45)(H,41,49)(H,42,46)(H,43,48)/b14-10-/t28-,29-,31+,32+,39-/m1/s1. The fourth-order valence-corrected chi connectivity index (χ4v) is 8.43. The van der Waals surface area contributed by atoms with Crippen molar-refractivity contribution in [2.75, 3.05) is 6.54 Å². The van der Waals surface area contributed by atoms with Crippen molar-refractivity contribution in [1.29, 1.82) is 0 Å². The molecular weight excluding hydrogens is 699 g/mol. The summed E-state index contributed by atoms with van der Waals surface area (Å²) in [7, 11) is -3.89. The number of allylic oxidation sites excluding steroid dienone is 1. The predicted molar refractivity (Wildman–Crippen MR) is 198 cm³/mol. The van der Waals surface area contributed by atoms with E-state index >= 15 is 0 Å². The topological polar surface area (TPSA) is 180 Å². The SMILES string of the molecule is CC(C)(C)OC(=O)N[C@H]1CCCCC/C=C\[C@@H]2C[C@@]2(C(=O)NS(=O)(=O)C2CC2)NC(=O)[C@@H]2C[C@@H](NC(=O)c3ccc(-c4ccccc4)cc3)CN2C1=O. The van der Waals surface area contributed by atoms with Crippen molar-refractivity contribution >= 4 is 39.7 Å². The Kier molecular flexibility index (Phi) is 11.0. The number of hydrogen-bond acceptors (Lipinski definition) is 8. The van der Waals surface area contributed by atoms with Gasteiger partial charge in [0.05, 0.1) is 5.25 Å². The van der Waals surface area contributed by atoms with Gasteiger partial charge in [-0.2, -0.15) is 0 Å². The highest BCUT2D eigenvalue weighted by molar-refractivity contribution is 7.91. The molecule has 284 valence electrons. The van der Waals surface area contributed by atoms with Gasteiger partial charge >= 0.3 is 6.09 Å². The zero-order valence-electron chi connectivity index (χ0n) is 30.4. The predicted octanol–water partition coefficient (Wildman–Crippen LogP) is 3.95. The summed E-state index contributed by atoms with van der Waals surface area (Å²) in [6.45, 7) is 5.12. The van der Waals surface area contributed by atoms with Crippen LogP contribution in [0.4, 0.5) is 4.79 Å². The molecule has 5 atom stereocenters. The van der Waals surface area contributed by atoms with Gasteiger partial charge in [0.1, 0.15) is 23.2 Å². The summed E-state index contributed by atoms with van der Waals surface area (Å²) >= 11 is 0. The van der Waals surface area contributed by atoms with Gasteiger partial charge in [-0.25, -0.2) is 13.2 Å². The Morgan fingerprint density at radius 2 is 1.60 bits per heavy atom. The number of alkyl carbamates (subject to hydrolysis) is 1. The van der Waals surface area contributed by atoms with Crippen molar-refractivity contribution in [3.8, 4) is 11.1 Å². The first-order chi connectivity index (χ1) is 25.1. The van der Waals surface area contributed by atoms with E-state index in [2.05, 4.69) is 20.7 Å². The molecule has 2 aliphatic carbocycles. The van der Waals surface area contributed by atoms with Crippen LogP contribution >= 0.6 is 0 Å². The van der Waals surface area contributed by atoms with Gasteiger partial charge in [-0.1, -0.05) is 67.5 Å². The second-order valence-corrected chi connectivity index (χ2v) is 17.5. The number of amides is 5. The Morgan fingerprint density at radius 3 is 2.28 bits per heavy atom. The molecule has 5 amide bonds. The second kappa shape index (κ2) is 15.3. The summed E-state index contributed by atoms with van der Waals surface area (Å²) in [5, 5.41) is 7.89. The zero-order chi connectivity index (χ0) is 38.0. The third kappa shape index (κ3) is 9.27. The summed E-state index contributed by atoms with van der Waals surface area (Å²) in [5.41, 5.74) is 0.0155. The number of carbonyl (C=O) groups is 5. The third-order valence-electron chi connectivity index (χ3n) is 10.2. The molecule has 4 N–H and O–H groups in total. The maximum absolute atomic E-state index is 14.4. The van der Waals surface area contributed by atoms with Crippen LogP contribution in [0.15, 0.2) is 66.7 Å². The largest absolute Gasteiger partial charge is 0.444 e. The molecular formula is C39H49N5O8S. The lowest BCUT2D eigenvalue weighted by molar-refractivity contribution is -0.141. The minimum atomic E-state index is -3.89. The number of carbonyl (C=O) groups excluding carboxylic acids is 5. The van der Waals surface area contributed by atoms with Crippen LogP contribution in [-0.4, -0.2) is 84.1 Å². The Morgan fingerprint density at radius 1 is 0.906 bits per heavy atom. The van der Waals surface area contributed by atoms with E-state index in [0.717, 1.165) is 24.0 Å². The number of hydrogen-bond donors (Lipinski definition) is 4. The average molecular weight is 748 g/mol. The average Bonchev–Trinajstić information content (AvgIpc) is 4.03. The highest BCUT2D eigenvalue weighted by atomic mass is 32.2. The van der Waals surface area contributed by atoms with E-state index in [1.165, 1.54) is 4.90 Å². The molecule has 6 rings (SSSR count). The van der Waals surface area contributed by atoms with Crippen molar-refractivity contribution in [1.82, 2.24) is 25.6 Å². The highest BCUT2D eigenvalue weighted by Crippen LogP contribution is 2.46. The van der Waals surface area contributed by atoms with Crippen LogP contribution in [0.3, 0.4) is 0 Å². The smallest absolute Gasteiger partial charge is 0.408 e. The molecule has 3 fully saturated rings. The van der Waals surface area contributed by atoms with E-state index < -0.39 is 74.3 Å². The lowest BCUT2D eigenvalue weighted by Gasteiger charge is -2.30. The quantitative estimate of drug-likeness (QED) is 0.308. The molecule has 0 radical (unpaired) electrons. The second-order valence-electron chi connectivity index (χ2n) is 15.6. The molecule has 0 spiro atoms. The van der Waals surface area contributed by atoms with Crippen LogP contribution in [0.1, 0.15) is 88.9 Å². The van der Waals surface area contributed by atoms with Crippen LogP contribution in [0.2, 0.25) is 0 Å². The third-order valence-corrected chi connectivity index (χ3v) is 12.0. The number of benzene rings is 2. The Balaban J connectivity index is 1.25. The first-order valence-corrected chi connectivity index (χ1v) is 20.0.